The maximum Gasteiger partial charge on any atom is 0.307 e. The lowest BCUT2D eigenvalue weighted by atomic mass is 9.91. The summed E-state index contributed by atoms with van der Waals surface area (Å²) >= 11 is 0. The molecular weight excluding hydrogens is 242 g/mol. The number of carbonyl (C=O) groups is 1. The quantitative estimate of drug-likeness (QED) is 0.879. The van der Waals surface area contributed by atoms with Crippen molar-refractivity contribution in [1.29, 1.82) is 0 Å². The van der Waals surface area contributed by atoms with Crippen LogP contribution in [0.15, 0.2) is 6.07 Å². The number of aliphatic carboxylic acids is 1. The molecule has 0 saturated carbocycles. The lowest BCUT2D eigenvalue weighted by Crippen LogP contribution is -2.18. The van der Waals surface area contributed by atoms with Gasteiger partial charge in [0.1, 0.15) is 5.75 Å². The van der Waals surface area contributed by atoms with E-state index in [1.54, 1.807) is 7.11 Å². The molecular formula is C15H21NO3. The summed E-state index contributed by atoms with van der Waals surface area (Å²) in [4.78, 5) is 11.1. The first-order valence-corrected chi connectivity index (χ1v) is 6.56. The molecule has 4 heteroatoms. The van der Waals surface area contributed by atoms with Crippen LogP contribution in [0.5, 0.6) is 5.75 Å². The Bertz CT molecular complexity index is 511. The van der Waals surface area contributed by atoms with E-state index in [2.05, 4.69) is 25.2 Å². The Labute approximate surface area is 113 Å². The van der Waals surface area contributed by atoms with Crippen LogP contribution in [0.1, 0.15) is 34.7 Å². The van der Waals surface area contributed by atoms with Gasteiger partial charge in [0.2, 0.25) is 0 Å². The van der Waals surface area contributed by atoms with Crippen LogP contribution in [0.4, 0.5) is 0 Å². The number of aryl methyl sites for hydroxylation is 2. The fraction of sp³-hybridized carbons (Fsp3) is 0.533. The van der Waals surface area contributed by atoms with E-state index in [0.29, 0.717) is 13.0 Å². The molecule has 2 rings (SSSR count). The highest BCUT2D eigenvalue weighted by Crippen LogP contribution is 2.38. The zero-order valence-electron chi connectivity index (χ0n) is 11.9. The number of benzene rings is 1. The Morgan fingerprint density at radius 2 is 2.05 bits per heavy atom. The summed E-state index contributed by atoms with van der Waals surface area (Å²) in [6.07, 6.45) is 0.620. The van der Waals surface area contributed by atoms with Gasteiger partial charge in [0.05, 0.1) is 13.0 Å². The number of methoxy groups -OCH3 is 1. The lowest BCUT2D eigenvalue weighted by Gasteiger charge is -2.21. The third kappa shape index (κ3) is 2.45. The zero-order chi connectivity index (χ0) is 14.2. The van der Waals surface area contributed by atoms with Gasteiger partial charge in [-0.05, 0) is 43.9 Å². The van der Waals surface area contributed by atoms with Crippen molar-refractivity contribution in [2.24, 2.45) is 5.92 Å². The highest BCUT2D eigenvalue weighted by molar-refractivity contribution is 5.71. The third-order valence-corrected chi connectivity index (χ3v) is 4.07. The molecule has 1 fully saturated rings. The van der Waals surface area contributed by atoms with Crippen LogP contribution in [0, 0.1) is 26.7 Å². The second kappa shape index (κ2) is 5.21. The second-order valence-electron chi connectivity index (χ2n) is 5.31. The minimum atomic E-state index is -0.726. The average Bonchev–Trinajstić information content (AvgIpc) is 2.82. The standard InChI is InChI=1S/C15H21NO3/c1-8-5-9(2)13(14(19-4)10(8)3)12-6-11(7-16-12)15(17)18/h5,11-12,16H,6-7H2,1-4H3,(H,17,18). The average molecular weight is 263 g/mol. The summed E-state index contributed by atoms with van der Waals surface area (Å²) in [6, 6.07) is 2.21. The van der Waals surface area contributed by atoms with Crippen molar-refractivity contribution >= 4 is 5.97 Å². The van der Waals surface area contributed by atoms with Gasteiger partial charge in [-0.2, -0.15) is 0 Å². The molecule has 2 unspecified atom stereocenters. The topological polar surface area (TPSA) is 58.6 Å². The Balaban J connectivity index is 2.40. The van der Waals surface area contributed by atoms with Crippen molar-refractivity contribution in [2.45, 2.75) is 33.2 Å². The molecule has 1 aromatic carbocycles. The van der Waals surface area contributed by atoms with E-state index in [9.17, 15) is 4.79 Å². The summed E-state index contributed by atoms with van der Waals surface area (Å²) < 4.78 is 5.56. The highest BCUT2D eigenvalue weighted by Gasteiger charge is 2.33. The molecule has 1 saturated heterocycles. The predicted octanol–water partition coefficient (Wildman–Crippen LogP) is 2.36. The van der Waals surface area contributed by atoms with Crippen molar-refractivity contribution in [2.75, 3.05) is 13.7 Å². The summed E-state index contributed by atoms with van der Waals surface area (Å²) in [5.74, 6) is -0.146. The largest absolute Gasteiger partial charge is 0.496 e. The normalized spacial score (nSPS) is 22.5. The predicted molar refractivity (Wildman–Crippen MR) is 73.7 cm³/mol. The zero-order valence-corrected chi connectivity index (χ0v) is 11.9. The monoisotopic (exact) mass is 263 g/mol. The van der Waals surface area contributed by atoms with Crippen molar-refractivity contribution in [3.8, 4) is 5.75 Å². The van der Waals surface area contributed by atoms with E-state index < -0.39 is 5.97 Å². The molecule has 104 valence electrons. The fourth-order valence-electron chi connectivity index (χ4n) is 2.91. The van der Waals surface area contributed by atoms with Gasteiger partial charge in [0.15, 0.2) is 0 Å². The molecule has 0 aliphatic carbocycles. The highest BCUT2D eigenvalue weighted by atomic mass is 16.5. The van der Waals surface area contributed by atoms with Crippen molar-refractivity contribution in [3.63, 3.8) is 0 Å². The summed E-state index contributed by atoms with van der Waals surface area (Å²) in [5, 5.41) is 12.4. The Morgan fingerprint density at radius 1 is 1.37 bits per heavy atom. The van der Waals surface area contributed by atoms with E-state index in [1.165, 1.54) is 5.56 Å². The van der Waals surface area contributed by atoms with Gasteiger partial charge in [-0.25, -0.2) is 0 Å². The number of nitrogens with one attached hydrogen (secondary N) is 1. The summed E-state index contributed by atoms with van der Waals surface area (Å²) in [5.41, 5.74) is 4.59. The molecule has 0 aromatic heterocycles. The van der Waals surface area contributed by atoms with Gasteiger partial charge >= 0.3 is 5.97 Å². The maximum absolute atomic E-state index is 11.1. The first-order chi connectivity index (χ1) is 8.95. The van der Waals surface area contributed by atoms with E-state index in [1.807, 2.05) is 6.92 Å². The lowest BCUT2D eigenvalue weighted by molar-refractivity contribution is -0.141. The van der Waals surface area contributed by atoms with Crippen LogP contribution >= 0.6 is 0 Å². The Hall–Kier alpha value is -1.55. The van der Waals surface area contributed by atoms with Crippen LogP contribution in [0.25, 0.3) is 0 Å². The van der Waals surface area contributed by atoms with Gasteiger partial charge in [-0.15, -0.1) is 0 Å². The first kappa shape index (κ1) is 13.9. The van der Waals surface area contributed by atoms with Gasteiger partial charge in [0, 0.05) is 18.2 Å². The number of ether oxygens (including phenoxy) is 1. The van der Waals surface area contributed by atoms with Crippen LogP contribution in [0.3, 0.4) is 0 Å². The molecule has 1 aliphatic rings. The molecule has 0 radical (unpaired) electrons. The van der Waals surface area contributed by atoms with Gasteiger partial charge in [0.25, 0.3) is 0 Å². The molecule has 19 heavy (non-hydrogen) atoms. The third-order valence-electron chi connectivity index (χ3n) is 4.07. The Morgan fingerprint density at radius 3 is 2.58 bits per heavy atom. The number of carboxylic acid groups (broad SMARTS) is 1. The Kier molecular flexibility index (Phi) is 3.80. The van der Waals surface area contributed by atoms with Crippen LogP contribution in [0.2, 0.25) is 0 Å². The number of rotatable bonds is 3. The van der Waals surface area contributed by atoms with Crippen molar-refractivity contribution < 1.29 is 14.6 Å². The number of carboxylic acids is 1. The molecule has 1 heterocycles. The second-order valence-corrected chi connectivity index (χ2v) is 5.31. The smallest absolute Gasteiger partial charge is 0.307 e. The molecule has 4 nitrogen and oxygen atoms in total. The minimum Gasteiger partial charge on any atom is -0.496 e. The van der Waals surface area contributed by atoms with E-state index in [4.69, 9.17) is 9.84 Å². The molecule has 2 N–H and O–H groups in total. The molecule has 1 aliphatic heterocycles. The molecule has 2 atom stereocenters. The van der Waals surface area contributed by atoms with Crippen molar-refractivity contribution in [3.05, 3.63) is 28.3 Å². The van der Waals surface area contributed by atoms with Gasteiger partial charge in [-0.1, -0.05) is 6.07 Å². The summed E-state index contributed by atoms with van der Waals surface area (Å²) in [6.45, 7) is 6.69. The van der Waals surface area contributed by atoms with Crippen molar-refractivity contribution in [1.82, 2.24) is 5.32 Å². The molecule has 1 aromatic rings. The van der Waals surface area contributed by atoms with Gasteiger partial charge in [-0.3, -0.25) is 4.79 Å². The van der Waals surface area contributed by atoms with E-state index in [0.717, 1.165) is 22.4 Å². The van der Waals surface area contributed by atoms with Crippen LogP contribution in [-0.2, 0) is 4.79 Å². The fourth-order valence-corrected chi connectivity index (χ4v) is 2.91. The van der Waals surface area contributed by atoms with Crippen LogP contribution < -0.4 is 10.1 Å². The van der Waals surface area contributed by atoms with E-state index in [-0.39, 0.29) is 12.0 Å². The molecule has 0 bridgehead atoms. The SMILES string of the molecule is COc1c(C)c(C)cc(C)c1C1CC(C(=O)O)CN1. The van der Waals surface area contributed by atoms with Gasteiger partial charge < -0.3 is 15.2 Å². The molecule has 0 amide bonds. The summed E-state index contributed by atoms with van der Waals surface area (Å²) in [7, 11) is 1.67. The first-order valence-electron chi connectivity index (χ1n) is 6.56. The minimum absolute atomic E-state index is 0.0651. The molecule has 0 spiro atoms. The number of hydrogen-bond donors (Lipinski definition) is 2. The van der Waals surface area contributed by atoms with E-state index >= 15 is 0 Å². The maximum atomic E-state index is 11.1. The van der Waals surface area contributed by atoms with Crippen LogP contribution in [-0.4, -0.2) is 24.7 Å². The number of hydrogen-bond acceptors (Lipinski definition) is 3.